The van der Waals surface area contributed by atoms with E-state index in [0.717, 1.165) is 9.37 Å². The van der Waals surface area contributed by atoms with Crippen LogP contribution in [0.25, 0.3) is 0 Å². The van der Waals surface area contributed by atoms with Crippen molar-refractivity contribution in [3.8, 4) is 0 Å². The molecule has 0 unspecified atom stereocenters. The van der Waals surface area contributed by atoms with Gasteiger partial charge in [-0.3, -0.25) is 9.59 Å². The summed E-state index contributed by atoms with van der Waals surface area (Å²) >= 11 is 5.06. The van der Waals surface area contributed by atoms with Crippen molar-refractivity contribution in [3.05, 3.63) is 64.4 Å². The van der Waals surface area contributed by atoms with E-state index in [9.17, 15) is 14.0 Å². The number of benzene rings is 2. The normalized spacial score (nSPS) is 10.3. The van der Waals surface area contributed by atoms with Crippen molar-refractivity contribution < 1.29 is 14.0 Å². The van der Waals surface area contributed by atoms with Crippen LogP contribution in [0.5, 0.6) is 0 Å². The van der Waals surface area contributed by atoms with Gasteiger partial charge in [-0.1, -0.05) is 24.3 Å². The first-order chi connectivity index (χ1) is 12.1. The number of hydrogen-bond donors (Lipinski definition) is 2. The van der Waals surface area contributed by atoms with Gasteiger partial charge in [0, 0.05) is 34.6 Å². The fourth-order valence-electron chi connectivity index (χ4n) is 2.02. The lowest BCUT2D eigenvalue weighted by atomic mass is 10.2. The molecule has 0 saturated carbocycles. The van der Waals surface area contributed by atoms with E-state index in [0.29, 0.717) is 18.7 Å². The zero-order valence-electron chi connectivity index (χ0n) is 13.4. The van der Waals surface area contributed by atoms with Crippen molar-refractivity contribution in [2.24, 2.45) is 0 Å². The molecule has 4 nitrogen and oxygen atoms in total. The summed E-state index contributed by atoms with van der Waals surface area (Å²) in [5.74, 6) is -0.472. The maximum Gasteiger partial charge on any atom is 0.254 e. The van der Waals surface area contributed by atoms with Gasteiger partial charge in [-0.15, -0.1) is 11.8 Å². The highest BCUT2D eigenvalue weighted by atomic mass is 79.9. The first kappa shape index (κ1) is 19.5. The Labute approximate surface area is 158 Å². The zero-order chi connectivity index (χ0) is 18.1. The SMILES string of the molecule is O=C(CCSc1ccccc1Br)NCCNC(=O)c1ccccc1F. The molecular formula is C18H18BrFN2O2S. The van der Waals surface area contributed by atoms with Gasteiger partial charge in [0.1, 0.15) is 5.82 Å². The Morgan fingerprint density at radius 1 is 1.00 bits per heavy atom. The summed E-state index contributed by atoms with van der Waals surface area (Å²) in [6.45, 7) is 0.551. The van der Waals surface area contributed by atoms with Gasteiger partial charge >= 0.3 is 0 Å². The third kappa shape index (κ3) is 6.51. The lowest BCUT2D eigenvalue weighted by molar-refractivity contribution is -0.120. The van der Waals surface area contributed by atoms with Crippen LogP contribution in [0, 0.1) is 5.82 Å². The molecular weight excluding hydrogens is 407 g/mol. The number of hydrogen-bond acceptors (Lipinski definition) is 3. The molecule has 0 atom stereocenters. The predicted molar refractivity (Wildman–Crippen MR) is 101 cm³/mol. The highest BCUT2D eigenvalue weighted by molar-refractivity contribution is 9.10. The molecule has 0 aliphatic carbocycles. The monoisotopic (exact) mass is 424 g/mol. The molecule has 0 radical (unpaired) electrons. The quantitative estimate of drug-likeness (QED) is 0.502. The molecule has 2 rings (SSSR count). The van der Waals surface area contributed by atoms with Crippen LogP contribution in [-0.4, -0.2) is 30.7 Å². The molecule has 0 spiro atoms. The van der Waals surface area contributed by atoms with Crippen LogP contribution in [0.4, 0.5) is 4.39 Å². The van der Waals surface area contributed by atoms with E-state index >= 15 is 0 Å². The fourth-order valence-corrected chi connectivity index (χ4v) is 3.54. The van der Waals surface area contributed by atoms with Gasteiger partial charge in [0.15, 0.2) is 0 Å². The van der Waals surface area contributed by atoms with Crippen LogP contribution in [0.15, 0.2) is 57.9 Å². The van der Waals surface area contributed by atoms with Gasteiger partial charge in [0.05, 0.1) is 5.56 Å². The van der Waals surface area contributed by atoms with Crippen LogP contribution in [0.2, 0.25) is 0 Å². The van der Waals surface area contributed by atoms with Crippen molar-refractivity contribution in [2.45, 2.75) is 11.3 Å². The molecule has 2 N–H and O–H groups in total. The third-order valence-corrected chi connectivity index (χ3v) is 5.30. The second-order valence-corrected chi connectivity index (χ2v) is 7.11. The molecule has 2 amide bonds. The summed E-state index contributed by atoms with van der Waals surface area (Å²) in [5.41, 5.74) is -0.00124. The Morgan fingerprint density at radius 2 is 1.68 bits per heavy atom. The summed E-state index contributed by atoms with van der Waals surface area (Å²) in [4.78, 5) is 24.7. The summed E-state index contributed by atoms with van der Waals surface area (Å²) in [7, 11) is 0. The van der Waals surface area contributed by atoms with E-state index < -0.39 is 11.7 Å². The first-order valence-electron chi connectivity index (χ1n) is 7.74. The van der Waals surface area contributed by atoms with Gasteiger partial charge in [-0.05, 0) is 40.2 Å². The Morgan fingerprint density at radius 3 is 2.44 bits per heavy atom. The Kier molecular flexibility index (Phi) is 7.94. The second-order valence-electron chi connectivity index (χ2n) is 5.11. The lowest BCUT2D eigenvalue weighted by Crippen LogP contribution is -2.35. The van der Waals surface area contributed by atoms with Gasteiger partial charge < -0.3 is 10.6 Å². The summed E-state index contributed by atoms with van der Waals surface area (Å²) in [5, 5.41) is 5.31. The number of nitrogens with one attached hydrogen (secondary N) is 2. The molecule has 2 aromatic carbocycles. The molecule has 0 saturated heterocycles. The van der Waals surface area contributed by atoms with E-state index in [1.807, 2.05) is 24.3 Å². The van der Waals surface area contributed by atoms with Crippen molar-refractivity contribution in [1.82, 2.24) is 10.6 Å². The molecule has 132 valence electrons. The molecule has 0 aromatic heterocycles. The molecule has 25 heavy (non-hydrogen) atoms. The van der Waals surface area contributed by atoms with Crippen molar-refractivity contribution in [2.75, 3.05) is 18.8 Å². The standard InChI is InChI=1S/C18H18BrFN2O2S/c19-14-6-2-4-8-16(14)25-12-9-17(23)21-10-11-22-18(24)13-5-1-3-7-15(13)20/h1-8H,9-12H2,(H,21,23)(H,22,24). The van der Waals surface area contributed by atoms with Crippen LogP contribution in [0.1, 0.15) is 16.8 Å². The zero-order valence-corrected chi connectivity index (χ0v) is 15.8. The summed E-state index contributed by atoms with van der Waals surface area (Å²) in [6.07, 6.45) is 0.382. The van der Waals surface area contributed by atoms with E-state index in [4.69, 9.17) is 0 Å². The highest BCUT2D eigenvalue weighted by Gasteiger charge is 2.10. The molecule has 0 bridgehead atoms. The average molecular weight is 425 g/mol. The molecule has 0 fully saturated rings. The minimum atomic E-state index is -0.562. The van der Waals surface area contributed by atoms with E-state index in [1.54, 1.807) is 17.8 Å². The number of carbonyl (C=O) groups excluding carboxylic acids is 2. The molecule has 0 heterocycles. The maximum absolute atomic E-state index is 13.4. The van der Waals surface area contributed by atoms with Crippen molar-refractivity contribution in [3.63, 3.8) is 0 Å². The van der Waals surface area contributed by atoms with E-state index in [-0.39, 0.29) is 18.0 Å². The lowest BCUT2D eigenvalue weighted by Gasteiger charge is -2.08. The molecule has 0 aliphatic heterocycles. The Balaban J connectivity index is 1.62. The van der Waals surface area contributed by atoms with Crippen molar-refractivity contribution >= 4 is 39.5 Å². The minimum absolute atomic E-state index is 0.00124. The van der Waals surface area contributed by atoms with E-state index in [1.165, 1.54) is 18.2 Å². The number of carbonyl (C=O) groups is 2. The largest absolute Gasteiger partial charge is 0.354 e. The van der Waals surface area contributed by atoms with Gasteiger partial charge in [0.2, 0.25) is 5.91 Å². The molecule has 7 heteroatoms. The molecule has 0 aliphatic rings. The summed E-state index contributed by atoms with van der Waals surface area (Å²) < 4.78 is 14.5. The summed E-state index contributed by atoms with van der Waals surface area (Å²) in [6, 6.07) is 13.6. The number of thioether (sulfide) groups is 1. The number of amides is 2. The van der Waals surface area contributed by atoms with Crippen LogP contribution in [-0.2, 0) is 4.79 Å². The fraction of sp³-hybridized carbons (Fsp3) is 0.222. The second kappa shape index (κ2) is 10.2. The third-order valence-electron chi connectivity index (χ3n) is 3.27. The van der Waals surface area contributed by atoms with Gasteiger partial charge in [-0.2, -0.15) is 0 Å². The predicted octanol–water partition coefficient (Wildman–Crippen LogP) is 3.62. The maximum atomic E-state index is 13.4. The Bertz CT molecular complexity index is 743. The minimum Gasteiger partial charge on any atom is -0.354 e. The van der Waals surface area contributed by atoms with Gasteiger partial charge in [-0.25, -0.2) is 4.39 Å². The number of rotatable bonds is 8. The average Bonchev–Trinajstić information content (AvgIpc) is 2.60. The van der Waals surface area contributed by atoms with Gasteiger partial charge in [0.25, 0.3) is 5.91 Å². The van der Waals surface area contributed by atoms with Crippen LogP contribution in [0.3, 0.4) is 0 Å². The number of halogens is 2. The Hall–Kier alpha value is -1.86. The highest BCUT2D eigenvalue weighted by Crippen LogP contribution is 2.27. The van der Waals surface area contributed by atoms with Crippen molar-refractivity contribution in [1.29, 1.82) is 0 Å². The topological polar surface area (TPSA) is 58.2 Å². The first-order valence-corrected chi connectivity index (χ1v) is 9.52. The van der Waals surface area contributed by atoms with E-state index in [2.05, 4.69) is 26.6 Å². The smallest absolute Gasteiger partial charge is 0.254 e. The van der Waals surface area contributed by atoms with Crippen LogP contribution >= 0.6 is 27.7 Å². The molecule has 2 aromatic rings. The van der Waals surface area contributed by atoms with Crippen LogP contribution < -0.4 is 10.6 Å².